The molecule has 0 fully saturated rings. The van der Waals surface area contributed by atoms with Crippen LogP contribution >= 0.6 is 0 Å². The summed E-state index contributed by atoms with van der Waals surface area (Å²) in [6.45, 7) is 2.63. The van der Waals surface area contributed by atoms with Crippen molar-refractivity contribution in [2.45, 2.75) is 13.5 Å². The molecule has 3 nitrogen and oxygen atoms in total. The third-order valence-electron chi connectivity index (χ3n) is 2.81. The van der Waals surface area contributed by atoms with E-state index < -0.39 is 11.6 Å². The Labute approximate surface area is 116 Å². The van der Waals surface area contributed by atoms with E-state index in [9.17, 15) is 8.78 Å². The zero-order valence-corrected chi connectivity index (χ0v) is 11.1. The Kier molecular flexibility index (Phi) is 4.40. The number of hydrogen-bond donors (Lipinski definition) is 2. The van der Waals surface area contributed by atoms with Crippen molar-refractivity contribution in [3.05, 3.63) is 53.6 Å². The molecule has 0 aromatic heterocycles. The maximum atomic E-state index is 13.5. The molecule has 3 N–H and O–H groups in total. The molecule has 0 heterocycles. The van der Waals surface area contributed by atoms with Crippen LogP contribution in [-0.2, 0) is 6.54 Å². The van der Waals surface area contributed by atoms with E-state index in [0.717, 1.165) is 11.8 Å². The summed E-state index contributed by atoms with van der Waals surface area (Å²) >= 11 is 0. The van der Waals surface area contributed by atoms with E-state index in [1.54, 1.807) is 18.2 Å². The molecule has 0 aliphatic heterocycles. The fraction of sp³-hybridized carbons (Fsp3) is 0.200. The van der Waals surface area contributed by atoms with Crippen molar-refractivity contribution < 1.29 is 13.5 Å². The van der Waals surface area contributed by atoms with Gasteiger partial charge in [0.15, 0.2) is 0 Å². The van der Waals surface area contributed by atoms with Crippen molar-refractivity contribution in [1.82, 2.24) is 0 Å². The molecule has 2 aromatic rings. The lowest BCUT2D eigenvalue weighted by Crippen LogP contribution is -2.03. The molecule has 0 atom stereocenters. The van der Waals surface area contributed by atoms with E-state index in [2.05, 4.69) is 5.32 Å². The first kappa shape index (κ1) is 14.1. The van der Waals surface area contributed by atoms with Crippen LogP contribution in [0.1, 0.15) is 12.5 Å². The van der Waals surface area contributed by atoms with E-state index in [1.165, 1.54) is 12.1 Å². The van der Waals surface area contributed by atoms with Gasteiger partial charge in [-0.2, -0.15) is 0 Å². The van der Waals surface area contributed by atoms with Crippen molar-refractivity contribution in [3.63, 3.8) is 0 Å². The van der Waals surface area contributed by atoms with Gasteiger partial charge < -0.3 is 15.8 Å². The fourth-order valence-corrected chi connectivity index (χ4v) is 1.79. The van der Waals surface area contributed by atoms with Crippen LogP contribution in [0.3, 0.4) is 0 Å². The standard InChI is InChI=1S/C15H16F2N2O/c1-2-20-15-8-12(5-6-14(15)18)19-9-10-3-4-11(16)7-13(10)17/h3-8,19H,2,9,18H2,1H3. The highest BCUT2D eigenvalue weighted by Crippen LogP contribution is 2.26. The van der Waals surface area contributed by atoms with Gasteiger partial charge in [-0.1, -0.05) is 6.07 Å². The average Bonchev–Trinajstić information content (AvgIpc) is 2.41. The Morgan fingerprint density at radius 3 is 2.65 bits per heavy atom. The van der Waals surface area contributed by atoms with Gasteiger partial charge in [-0.05, 0) is 25.1 Å². The number of ether oxygens (including phenoxy) is 1. The summed E-state index contributed by atoms with van der Waals surface area (Å²) in [5.74, 6) is -0.576. The summed E-state index contributed by atoms with van der Waals surface area (Å²) in [6.07, 6.45) is 0. The minimum Gasteiger partial charge on any atom is -0.492 e. The van der Waals surface area contributed by atoms with Gasteiger partial charge in [0.25, 0.3) is 0 Å². The quantitative estimate of drug-likeness (QED) is 0.822. The monoisotopic (exact) mass is 278 g/mol. The predicted molar refractivity (Wildman–Crippen MR) is 75.7 cm³/mol. The molecule has 106 valence electrons. The zero-order chi connectivity index (χ0) is 14.5. The molecule has 0 unspecified atom stereocenters. The second kappa shape index (κ2) is 6.23. The maximum absolute atomic E-state index is 13.5. The van der Waals surface area contributed by atoms with Crippen LogP contribution in [-0.4, -0.2) is 6.61 Å². The van der Waals surface area contributed by atoms with Gasteiger partial charge in [0.1, 0.15) is 17.4 Å². The van der Waals surface area contributed by atoms with Crippen molar-refractivity contribution in [2.24, 2.45) is 0 Å². The lowest BCUT2D eigenvalue weighted by Gasteiger charge is -2.11. The summed E-state index contributed by atoms with van der Waals surface area (Å²) in [5, 5.41) is 3.05. The number of nitrogen functional groups attached to an aromatic ring is 1. The van der Waals surface area contributed by atoms with Gasteiger partial charge in [-0.15, -0.1) is 0 Å². The molecule has 0 saturated heterocycles. The Morgan fingerprint density at radius 1 is 1.15 bits per heavy atom. The third-order valence-corrected chi connectivity index (χ3v) is 2.81. The Hall–Kier alpha value is -2.30. The summed E-state index contributed by atoms with van der Waals surface area (Å²) in [5.41, 5.74) is 7.46. The predicted octanol–water partition coefficient (Wildman–Crippen LogP) is 3.56. The Morgan fingerprint density at radius 2 is 1.95 bits per heavy atom. The number of halogens is 2. The number of hydrogen-bond acceptors (Lipinski definition) is 3. The van der Waals surface area contributed by atoms with Gasteiger partial charge in [0.2, 0.25) is 0 Å². The van der Waals surface area contributed by atoms with E-state index in [1.807, 2.05) is 6.92 Å². The minimum absolute atomic E-state index is 0.252. The molecule has 0 amide bonds. The van der Waals surface area contributed by atoms with E-state index >= 15 is 0 Å². The summed E-state index contributed by atoms with van der Waals surface area (Å²) in [4.78, 5) is 0. The van der Waals surface area contributed by atoms with Crippen molar-refractivity contribution in [1.29, 1.82) is 0 Å². The average molecular weight is 278 g/mol. The van der Waals surface area contributed by atoms with Crippen molar-refractivity contribution >= 4 is 11.4 Å². The fourth-order valence-electron chi connectivity index (χ4n) is 1.79. The highest BCUT2D eigenvalue weighted by atomic mass is 19.1. The van der Waals surface area contributed by atoms with Gasteiger partial charge in [-0.25, -0.2) is 8.78 Å². The van der Waals surface area contributed by atoms with Crippen LogP contribution in [0.4, 0.5) is 20.2 Å². The van der Waals surface area contributed by atoms with Crippen LogP contribution in [0.25, 0.3) is 0 Å². The Bertz CT molecular complexity index is 602. The minimum atomic E-state index is -0.586. The largest absolute Gasteiger partial charge is 0.492 e. The summed E-state index contributed by atoms with van der Waals surface area (Å²) in [7, 11) is 0. The van der Waals surface area contributed by atoms with Gasteiger partial charge in [-0.3, -0.25) is 0 Å². The zero-order valence-electron chi connectivity index (χ0n) is 11.1. The topological polar surface area (TPSA) is 47.3 Å². The molecular weight excluding hydrogens is 262 g/mol. The van der Waals surface area contributed by atoms with Crippen LogP contribution in [0, 0.1) is 11.6 Å². The normalized spacial score (nSPS) is 10.3. The summed E-state index contributed by atoms with van der Waals surface area (Å²) in [6, 6.07) is 8.76. The van der Waals surface area contributed by atoms with Crippen molar-refractivity contribution in [2.75, 3.05) is 17.7 Å². The lowest BCUT2D eigenvalue weighted by atomic mass is 10.2. The van der Waals surface area contributed by atoms with Gasteiger partial charge >= 0.3 is 0 Å². The van der Waals surface area contributed by atoms with Gasteiger partial charge in [0, 0.05) is 29.9 Å². The van der Waals surface area contributed by atoms with Crippen molar-refractivity contribution in [3.8, 4) is 5.75 Å². The number of nitrogens with one attached hydrogen (secondary N) is 1. The highest BCUT2D eigenvalue weighted by molar-refractivity contribution is 5.61. The van der Waals surface area contributed by atoms with E-state index in [-0.39, 0.29) is 6.54 Å². The molecule has 2 rings (SSSR count). The van der Waals surface area contributed by atoms with E-state index in [0.29, 0.717) is 23.6 Å². The first-order valence-corrected chi connectivity index (χ1v) is 6.30. The molecule has 5 heteroatoms. The molecule has 0 bridgehead atoms. The smallest absolute Gasteiger partial charge is 0.144 e. The maximum Gasteiger partial charge on any atom is 0.144 e. The number of rotatable bonds is 5. The molecule has 0 aliphatic rings. The lowest BCUT2D eigenvalue weighted by molar-refractivity contribution is 0.342. The molecule has 0 radical (unpaired) electrons. The first-order chi connectivity index (χ1) is 9.60. The molecule has 0 aliphatic carbocycles. The second-order valence-electron chi connectivity index (χ2n) is 4.27. The second-order valence-corrected chi connectivity index (χ2v) is 4.27. The highest BCUT2D eigenvalue weighted by Gasteiger charge is 2.05. The Balaban J connectivity index is 2.08. The molecule has 20 heavy (non-hydrogen) atoms. The SMILES string of the molecule is CCOc1cc(NCc2ccc(F)cc2F)ccc1N. The number of nitrogens with two attached hydrogens (primary N) is 1. The number of benzene rings is 2. The molecule has 0 saturated carbocycles. The van der Waals surface area contributed by atoms with E-state index in [4.69, 9.17) is 10.5 Å². The first-order valence-electron chi connectivity index (χ1n) is 6.30. The third kappa shape index (κ3) is 3.38. The van der Waals surface area contributed by atoms with Crippen LogP contribution in [0.2, 0.25) is 0 Å². The molecular formula is C15H16F2N2O. The number of anilines is 2. The molecule has 0 spiro atoms. The van der Waals surface area contributed by atoms with Crippen LogP contribution in [0.15, 0.2) is 36.4 Å². The van der Waals surface area contributed by atoms with Crippen LogP contribution < -0.4 is 15.8 Å². The van der Waals surface area contributed by atoms with Crippen LogP contribution in [0.5, 0.6) is 5.75 Å². The van der Waals surface area contributed by atoms with Gasteiger partial charge in [0.05, 0.1) is 12.3 Å². The molecule has 2 aromatic carbocycles. The summed E-state index contributed by atoms with van der Waals surface area (Å²) < 4.78 is 31.7.